The van der Waals surface area contributed by atoms with Gasteiger partial charge in [-0.2, -0.15) is 0 Å². The third-order valence-corrected chi connectivity index (χ3v) is 6.16. The highest BCUT2D eigenvalue weighted by molar-refractivity contribution is 4.82. The van der Waals surface area contributed by atoms with E-state index in [0.717, 1.165) is 18.9 Å². The highest BCUT2D eigenvalue weighted by Gasteiger charge is 2.32. The van der Waals surface area contributed by atoms with Crippen LogP contribution in [0.1, 0.15) is 72.1 Å². The summed E-state index contributed by atoms with van der Waals surface area (Å²) in [7, 11) is 2.17. The van der Waals surface area contributed by atoms with E-state index in [1.165, 1.54) is 44.9 Å². The van der Waals surface area contributed by atoms with Gasteiger partial charge in [0.25, 0.3) is 0 Å². The van der Waals surface area contributed by atoms with E-state index >= 15 is 0 Å². The molecule has 23 heavy (non-hydrogen) atoms. The molecule has 0 bridgehead atoms. The molecule has 3 nitrogen and oxygen atoms in total. The molecule has 0 aromatic rings. The van der Waals surface area contributed by atoms with Gasteiger partial charge in [-0.3, -0.25) is 0 Å². The van der Waals surface area contributed by atoms with Crippen molar-refractivity contribution >= 4 is 0 Å². The summed E-state index contributed by atoms with van der Waals surface area (Å²) in [6.07, 6.45) is 10.4. The van der Waals surface area contributed by atoms with Crippen LogP contribution in [0.25, 0.3) is 0 Å². The van der Waals surface area contributed by atoms with Gasteiger partial charge in [-0.05, 0) is 50.5 Å². The molecule has 3 heteroatoms. The Labute approximate surface area is 143 Å². The van der Waals surface area contributed by atoms with E-state index in [1.807, 2.05) is 0 Å². The molecule has 2 saturated carbocycles. The minimum atomic E-state index is -0.355. The Morgan fingerprint density at radius 3 is 2.43 bits per heavy atom. The number of rotatable bonds is 7. The predicted molar refractivity (Wildman–Crippen MR) is 96.6 cm³/mol. The zero-order chi connectivity index (χ0) is 16.8. The van der Waals surface area contributed by atoms with Crippen LogP contribution >= 0.6 is 0 Å². The first kappa shape index (κ1) is 19.2. The van der Waals surface area contributed by atoms with Crippen LogP contribution in [-0.4, -0.2) is 48.5 Å². The molecule has 2 aliphatic rings. The summed E-state index contributed by atoms with van der Waals surface area (Å²) in [6.45, 7) is 8.20. The van der Waals surface area contributed by atoms with Crippen molar-refractivity contribution in [2.24, 2.45) is 17.8 Å². The zero-order valence-corrected chi connectivity index (χ0v) is 15.8. The van der Waals surface area contributed by atoms with Crippen LogP contribution in [0.5, 0.6) is 0 Å². The van der Waals surface area contributed by atoms with E-state index in [-0.39, 0.29) is 6.10 Å². The van der Waals surface area contributed by atoms with Crippen LogP contribution in [0.4, 0.5) is 0 Å². The minimum Gasteiger partial charge on any atom is -0.389 e. The maximum absolute atomic E-state index is 10.4. The second-order valence-electron chi connectivity index (χ2n) is 8.58. The molecule has 0 heterocycles. The van der Waals surface area contributed by atoms with Crippen LogP contribution in [0, 0.1) is 17.8 Å². The van der Waals surface area contributed by atoms with Crippen LogP contribution in [0.2, 0.25) is 0 Å². The second-order valence-corrected chi connectivity index (χ2v) is 8.58. The minimum absolute atomic E-state index is 0.341. The fourth-order valence-electron chi connectivity index (χ4n) is 4.60. The van der Waals surface area contributed by atoms with Crippen LogP contribution in [0.3, 0.4) is 0 Å². The van der Waals surface area contributed by atoms with Crippen LogP contribution in [-0.2, 0) is 4.74 Å². The Bertz CT molecular complexity index is 328. The molecule has 0 amide bonds. The largest absolute Gasteiger partial charge is 0.389 e. The summed E-state index contributed by atoms with van der Waals surface area (Å²) in [4.78, 5) is 2.36. The Hall–Kier alpha value is -0.120. The Balaban J connectivity index is 1.74. The number of aliphatic hydroxyl groups excluding tert-OH is 1. The lowest BCUT2D eigenvalue weighted by Gasteiger charge is -2.38. The molecule has 0 aromatic carbocycles. The van der Waals surface area contributed by atoms with Crippen molar-refractivity contribution < 1.29 is 9.84 Å². The van der Waals surface area contributed by atoms with E-state index < -0.39 is 0 Å². The molecule has 0 aliphatic heterocycles. The van der Waals surface area contributed by atoms with Crippen molar-refractivity contribution in [3.05, 3.63) is 0 Å². The van der Waals surface area contributed by atoms with Crippen molar-refractivity contribution in [3.8, 4) is 0 Å². The van der Waals surface area contributed by atoms with Crippen molar-refractivity contribution in [3.63, 3.8) is 0 Å². The average molecular weight is 326 g/mol. The average Bonchev–Trinajstić information content (AvgIpc) is 2.53. The second kappa shape index (κ2) is 9.39. The summed E-state index contributed by atoms with van der Waals surface area (Å²) in [5.74, 6) is 2.10. The van der Waals surface area contributed by atoms with Gasteiger partial charge in [-0.25, -0.2) is 0 Å². The lowest BCUT2D eigenvalue weighted by atomic mass is 9.75. The molecule has 0 saturated heterocycles. The van der Waals surface area contributed by atoms with E-state index in [9.17, 15) is 5.11 Å². The predicted octanol–water partition coefficient (Wildman–Crippen LogP) is 4.09. The highest BCUT2D eigenvalue weighted by Crippen LogP contribution is 2.35. The number of aliphatic hydroxyl groups is 1. The van der Waals surface area contributed by atoms with Crippen LogP contribution in [0.15, 0.2) is 0 Å². The molecule has 0 unspecified atom stereocenters. The van der Waals surface area contributed by atoms with E-state index in [4.69, 9.17) is 4.74 Å². The Morgan fingerprint density at radius 1 is 1.09 bits per heavy atom. The van der Waals surface area contributed by atoms with Crippen molar-refractivity contribution in [2.75, 3.05) is 20.2 Å². The third kappa shape index (κ3) is 6.03. The fraction of sp³-hybridized carbons (Fsp3) is 1.00. The first-order chi connectivity index (χ1) is 11.0. The quantitative estimate of drug-likeness (QED) is 0.765. The molecule has 0 spiro atoms. The molecule has 0 aromatic heterocycles. The van der Waals surface area contributed by atoms with Gasteiger partial charge < -0.3 is 14.7 Å². The topological polar surface area (TPSA) is 32.7 Å². The summed E-state index contributed by atoms with van der Waals surface area (Å²) >= 11 is 0. The van der Waals surface area contributed by atoms with Crippen molar-refractivity contribution in [2.45, 2.75) is 90.4 Å². The highest BCUT2D eigenvalue weighted by atomic mass is 16.5. The van der Waals surface area contributed by atoms with Gasteiger partial charge in [0.05, 0.1) is 18.8 Å². The number of hydrogen-bond acceptors (Lipinski definition) is 3. The number of hydrogen-bond donors (Lipinski definition) is 1. The molecule has 136 valence electrons. The molecule has 1 N–H and O–H groups in total. The zero-order valence-electron chi connectivity index (χ0n) is 15.8. The van der Waals surface area contributed by atoms with Gasteiger partial charge in [0.1, 0.15) is 0 Å². The molecular formula is C20H39NO2. The van der Waals surface area contributed by atoms with Crippen LogP contribution < -0.4 is 0 Å². The van der Waals surface area contributed by atoms with Gasteiger partial charge in [-0.1, -0.05) is 46.5 Å². The van der Waals surface area contributed by atoms with E-state index in [0.29, 0.717) is 30.6 Å². The third-order valence-electron chi connectivity index (χ3n) is 6.16. The maximum Gasteiger partial charge on any atom is 0.0900 e. The van der Waals surface area contributed by atoms with Gasteiger partial charge in [0.15, 0.2) is 0 Å². The summed E-state index contributed by atoms with van der Waals surface area (Å²) in [5, 5.41) is 10.4. The van der Waals surface area contributed by atoms with Gasteiger partial charge in [0, 0.05) is 12.6 Å². The molecular weight excluding hydrogens is 286 g/mol. The van der Waals surface area contributed by atoms with Crippen molar-refractivity contribution in [1.29, 1.82) is 0 Å². The smallest absolute Gasteiger partial charge is 0.0900 e. The van der Waals surface area contributed by atoms with Crippen molar-refractivity contribution in [1.82, 2.24) is 4.90 Å². The normalized spacial score (nSPS) is 31.7. The molecule has 4 atom stereocenters. The molecule has 2 rings (SSSR count). The summed E-state index contributed by atoms with van der Waals surface area (Å²) in [6, 6.07) is 0.663. The number of ether oxygens (including phenoxy) is 1. The fourth-order valence-corrected chi connectivity index (χ4v) is 4.60. The lowest BCUT2D eigenvalue weighted by molar-refractivity contribution is -0.0749. The Kier molecular flexibility index (Phi) is 7.84. The molecule has 2 aliphatic carbocycles. The van der Waals surface area contributed by atoms with Gasteiger partial charge in [-0.15, -0.1) is 0 Å². The molecule has 2 fully saturated rings. The van der Waals surface area contributed by atoms with Gasteiger partial charge >= 0.3 is 0 Å². The maximum atomic E-state index is 10.4. The van der Waals surface area contributed by atoms with E-state index in [2.05, 4.69) is 32.7 Å². The number of likely N-dealkylation sites (N-methyl/N-ethyl adjacent to an activating group) is 1. The van der Waals surface area contributed by atoms with Gasteiger partial charge in [0.2, 0.25) is 0 Å². The summed E-state index contributed by atoms with van der Waals surface area (Å²) in [5.41, 5.74) is 0. The SMILES string of the molecule is CC(C)[C@@H]1CC[C@H](C)C[C@H]1OC[C@H](O)CN(C)C1CCCCC1. The van der Waals surface area contributed by atoms with E-state index in [1.54, 1.807) is 0 Å². The molecule has 0 radical (unpaired) electrons. The Morgan fingerprint density at radius 2 is 1.78 bits per heavy atom. The lowest BCUT2D eigenvalue weighted by Crippen LogP contribution is -2.42. The summed E-state index contributed by atoms with van der Waals surface area (Å²) < 4.78 is 6.20. The first-order valence-corrected chi connectivity index (χ1v) is 9.97. The standard InChI is InChI=1S/C20H39NO2/c1-15(2)19-11-10-16(3)12-20(19)23-14-18(22)13-21(4)17-8-6-5-7-9-17/h15-20,22H,5-14H2,1-4H3/t16-,18+,19-,20+/m0/s1. The number of nitrogens with zero attached hydrogens (tertiary/aromatic N) is 1. The monoisotopic (exact) mass is 325 g/mol. The first-order valence-electron chi connectivity index (χ1n) is 9.97.